The molecule has 1 aliphatic carbocycles. The summed E-state index contributed by atoms with van der Waals surface area (Å²) >= 11 is 0. The quantitative estimate of drug-likeness (QED) is 0.861. The van der Waals surface area contributed by atoms with Gasteiger partial charge in [-0.05, 0) is 43.0 Å². The average Bonchev–Trinajstić information content (AvgIpc) is 2.54. The predicted octanol–water partition coefficient (Wildman–Crippen LogP) is 2.14. The molecule has 1 amide bonds. The third kappa shape index (κ3) is 5.00. The summed E-state index contributed by atoms with van der Waals surface area (Å²) in [6.45, 7) is 0.357. The molecule has 23 heavy (non-hydrogen) atoms. The largest absolute Gasteiger partial charge is 0.355 e. The highest BCUT2D eigenvalue weighted by molar-refractivity contribution is 7.89. The zero-order valence-electron chi connectivity index (χ0n) is 13.3. The highest BCUT2D eigenvalue weighted by Gasteiger charge is 2.23. The molecule has 0 heterocycles. The van der Waals surface area contributed by atoms with Crippen molar-refractivity contribution in [2.45, 2.75) is 37.0 Å². The van der Waals surface area contributed by atoms with Crippen molar-refractivity contribution in [2.24, 2.45) is 5.92 Å². The molecule has 0 saturated heterocycles. The normalized spacial score (nSPS) is 16.5. The zero-order valence-corrected chi connectivity index (χ0v) is 14.1. The smallest absolute Gasteiger partial charge is 0.243 e. The lowest BCUT2D eigenvalue weighted by Crippen LogP contribution is -2.40. The van der Waals surface area contributed by atoms with E-state index in [0.29, 0.717) is 12.5 Å². The first kappa shape index (κ1) is 17.9. The van der Waals surface area contributed by atoms with E-state index in [0.717, 1.165) is 29.3 Å². The molecule has 2 rings (SSSR count). The van der Waals surface area contributed by atoms with Crippen LogP contribution in [-0.2, 0) is 14.8 Å². The number of carbonyl (C=O) groups is 1. The molecule has 1 N–H and O–H groups in total. The Bertz CT molecular complexity index is 625. The van der Waals surface area contributed by atoms with E-state index in [-0.39, 0.29) is 17.3 Å². The Morgan fingerprint density at radius 3 is 2.43 bits per heavy atom. The van der Waals surface area contributed by atoms with Crippen LogP contribution in [0.25, 0.3) is 0 Å². The van der Waals surface area contributed by atoms with Gasteiger partial charge in [-0.3, -0.25) is 4.79 Å². The van der Waals surface area contributed by atoms with E-state index in [9.17, 15) is 17.6 Å². The number of nitrogens with one attached hydrogen (secondary N) is 1. The lowest BCUT2D eigenvalue weighted by molar-refractivity contribution is -0.121. The van der Waals surface area contributed by atoms with Gasteiger partial charge >= 0.3 is 0 Å². The number of sulfonamides is 1. The molecule has 0 aromatic heterocycles. The van der Waals surface area contributed by atoms with Crippen molar-refractivity contribution in [1.29, 1.82) is 0 Å². The predicted molar refractivity (Wildman–Crippen MR) is 85.8 cm³/mol. The number of hydrogen-bond donors (Lipinski definition) is 1. The maximum atomic E-state index is 12.9. The maximum Gasteiger partial charge on any atom is 0.243 e. The molecular formula is C16H23FN2O3S. The van der Waals surface area contributed by atoms with Crippen LogP contribution in [0.1, 0.15) is 32.1 Å². The Labute approximate surface area is 136 Å². The second kappa shape index (κ2) is 7.88. The molecule has 5 nitrogen and oxygen atoms in total. The molecule has 1 aromatic rings. The third-order valence-electron chi connectivity index (χ3n) is 4.20. The van der Waals surface area contributed by atoms with Crippen LogP contribution < -0.4 is 5.32 Å². The second-order valence-electron chi connectivity index (χ2n) is 6.02. The van der Waals surface area contributed by atoms with Gasteiger partial charge in [-0.1, -0.05) is 19.3 Å². The maximum absolute atomic E-state index is 12.9. The molecule has 0 aliphatic heterocycles. The van der Waals surface area contributed by atoms with E-state index in [1.54, 1.807) is 0 Å². The van der Waals surface area contributed by atoms with Crippen LogP contribution in [0.2, 0.25) is 0 Å². The zero-order chi connectivity index (χ0) is 16.9. The Balaban J connectivity index is 1.88. The van der Waals surface area contributed by atoms with Crippen molar-refractivity contribution >= 4 is 15.9 Å². The number of nitrogens with zero attached hydrogens (tertiary/aromatic N) is 1. The number of amides is 1. The molecule has 0 radical (unpaired) electrons. The van der Waals surface area contributed by atoms with Crippen molar-refractivity contribution in [3.63, 3.8) is 0 Å². The summed E-state index contributed by atoms with van der Waals surface area (Å²) in [5, 5.41) is 2.81. The molecule has 128 valence electrons. The van der Waals surface area contributed by atoms with Crippen LogP contribution in [-0.4, -0.2) is 38.8 Å². The van der Waals surface area contributed by atoms with E-state index in [1.807, 2.05) is 0 Å². The number of benzene rings is 1. The van der Waals surface area contributed by atoms with Gasteiger partial charge < -0.3 is 5.32 Å². The van der Waals surface area contributed by atoms with Gasteiger partial charge in [-0.15, -0.1) is 0 Å². The molecular weight excluding hydrogens is 319 g/mol. The van der Waals surface area contributed by atoms with E-state index in [1.165, 1.54) is 38.4 Å². The van der Waals surface area contributed by atoms with Crippen molar-refractivity contribution in [3.8, 4) is 0 Å². The lowest BCUT2D eigenvalue weighted by Gasteiger charge is -2.22. The second-order valence-corrected chi connectivity index (χ2v) is 8.07. The van der Waals surface area contributed by atoms with Gasteiger partial charge in [0.1, 0.15) is 5.82 Å². The van der Waals surface area contributed by atoms with Gasteiger partial charge in [0, 0.05) is 13.6 Å². The first-order chi connectivity index (χ1) is 10.9. The summed E-state index contributed by atoms with van der Waals surface area (Å²) in [4.78, 5) is 11.9. The summed E-state index contributed by atoms with van der Waals surface area (Å²) in [5.74, 6) is -0.327. The molecule has 7 heteroatoms. The van der Waals surface area contributed by atoms with Crippen LogP contribution >= 0.6 is 0 Å². The minimum atomic E-state index is -3.79. The van der Waals surface area contributed by atoms with Gasteiger partial charge in [-0.2, -0.15) is 4.31 Å². The number of hydrogen-bond acceptors (Lipinski definition) is 3. The fourth-order valence-electron chi connectivity index (χ4n) is 2.78. The highest BCUT2D eigenvalue weighted by atomic mass is 32.2. The standard InChI is InChI=1S/C16H23FN2O3S/c1-19(23(21,22)15-9-7-14(17)8-10-15)12-16(20)18-11-13-5-3-2-4-6-13/h7-10,13H,2-6,11-12H2,1H3,(H,18,20). The molecule has 0 unspecified atom stereocenters. The Kier molecular flexibility index (Phi) is 6.12. The van der Waals surface area contributed by atoms with Gasteiger partial charge in [0.2, 0.25) is 15.9 Å². The first-order valence-electron chi connectivity index (χ1n) is 7.88. The monoisotopic (exact) mass is 342 g/mol. The van der Waals surface area contributed by atoms with Gasteiger partial charge in [0.25, 0.3) is 0 Å². The minimum absolute atomic E-state index is 0.0264. The summed E-state index contributed by atoms with van der Waals surface area (Å²) < 4.78 is 38.5. The number of rotatable bonds is 6. The van der Waals surface area contributed by atoms with E-state index in [4.69, 9.17) is 0 Å². The molecule has 1 aromatic carbocycles. The van der Waals surface area contributed by atoms with E-state index in [2.05, 4.69) is 5.32 Å². The van der Waals surface area contributed by atoms with Crippen molar-refractivity contribution in [3.05, 3.63) is 30.1 Å². The summed E-state index contributed by atoms with van der Waals surface area (Å²) in [6, 6.07) is 4.57. The van der Waals surface area contributed by atoms with Crippen LogP contribution in [0.5, 0.6) is 0 Å². The summed E-state index contributed by atoms with van der Waals surface area (Å²) in [5.41, 5.74) is 0. The number of likely N-dealkylation sites (N-methyl/N-ethyl adjacent to an activating group) is 1. The molecule has 0 bridgehead atoms. The third-order valence-corrected chi connectivity index (χ3v) is 6.02. The van der Waals surface area contributed by atoms with Crippen LogP contribution in [0.15, 0.2) is 29.2 Å². The van der Waals surface area contributed by atoms with Gasteiger partial charge in [0.15, 0.2) is 0 Å². The van der Waals surface area contributed by atoms with E-state index >= 15 is 0 Å². The molecule has 1 fully saturated rings. The lowest BCUT2D eigenvalue weighted by atomic mass is 9.89. The van der Waals surface area contributed by atoms with Crippen molar-refractivity contribution in [1.82, 2.24) is 9.62 Å². The van der Waals surface area contributed by atoms with Crippen LogP contribution in [0, 0.1) is 11.7 Å². The van der Waals surface area contributed by atoms with Crippen molar-refractivity contribution in [2.75, 3.05) is 20.1 Å². The number of halogens is 1. The van der Waals surface area contributed by atoms with Crippen molar-refractivity contribution < 1.29 is 17.6 Å². The highest BCUT2D eigenvalue weighted by Crippen LogP contribution is 2.22. The fourth-order valence-corrected chi connectivity index (χ4v) is 3.91. The van der Waals surface area contributed by atoms with Crippen LogP contribution in [0.3, 0.4) is 0 Å². The Morgan fingerprint density at radius 1 is 1.22 bits per heavy atom. The Hall–Kier alpha value is -1.47. The summed E-state index contributed by atoms with van der Waals surface area (Å²) in [6.07, 6.45) is 5.87. The molecule has 0 spiro atoms. The van der Waals surface area contributed by atoms with E-state index < -0.39 is 15.8 Å². The summed E-state index contributed by atoms with van der Waals surface area (Å²) in [7, 11) is -2.44. The molecule has 1 saturated carbocycles. The van der Waals surface area contributed by atoms with Crippen LogP contribution in [0.4, 0.5) is 4.39 Å². The topological polar surface area (TPSA) is 66.5 Å². The minimum Gasteiger partial charge on any atom is -0.355 e. The molecule has 0 atom stereocenters. The van der Waals surface area contributed by atoms with Gasteiger partial charge in [0.05, 0.1) is 11.4 Å². The SMILES string of the molecule is CN(CC(=O)NCC1CCCCC1)S(=O)(=O)c1ccc(F)cc1. The Morgan fingerprint density at radius 2 is 1.83 bits per heavy atom. The first-order valence-corrected chi connectivity index (χ1v) is 9.32. The molecule has 1 aliphatic rings. The fraction of sp³-hybridized carbons (Fsp3) is 0.562. The average molecular weight is 342 g/mol. The number of carbonyl (C=O) groups excluding carboxylic acids is 1. The van der Waals surface area contributed by atoms with Gasteiger partial charge in [-0.25, -0.2) is 12.8 Å².